The molecule has 3 heterocycles. The number of fused-ring (bicyclic) bond motifs is 1. The number of nitrogens with two attached hydrogens (primary N) is 1. The highest BCUT2D eigenvalue weighted by molar-refractivity contribution is 6.12. The van der Waals surface area contributed by atoms with Gasteiger partial charge in [0.15, 0.2) is 11.5 Å². The number of hydrogen-bond acceptors (Lipinski definition) is 8. The average molecular weight is 596 g/mol. The molecule has 4 aromatic rings. The average Bonchev–Trinajstić information content (AvgIpc) is 3.66. The quantitative estimate of drug-likeness (QED) is 0.201. The van der Waals surface area contributed by atoms with Gasteiger partial charge in [0.25, 0.3) is 0 Å². The van der Waals surface area contributed by atoms with Gasteiger partial charge in [-0.25, -0.2) is 4.98 Å². The highest BCUT2D eigenvalue weighted by atomic mass is 16.5. The van der Waals surface area contributed by atoms with Crippen LogP contribution in [0.1, 0.15) is 36.0 Å². The van der Waals surface area contributed by atoms with Crippen LogP contribution in [-0.4, -0.2) is 73.8 Å². The zero-order valence-electron chi connectivity index (χ0n) is 25.6. The van der Waals surface area contributed by atoms with Crippen molar-refractivity contribution in [3.05, 3.63) is 83.4 Å². The largest absolute Gasteiger partial charge is 0.497 e. The fraction of sp³-hybridized carbons (Fsp3) is 0.371. The van der Waals surface area contributed by atoms with Crippen LogP contribution in [0.5, 0.6) is 17.2 Å². The number of nitrogens with zero attached hydrogens (tertiary/aromatic N) is 4. The predicted octanol–water partition coefficient (Wildman–Crippen LogP) is 5.60. The first-order valence-electron chi connectivity index (χ1n) is 15.3. The molecule has 0 radical (unpaired) electrons. The number of aromatic nitrogens is 2. The summed E-state index contributed by atoms with van der Waals surface area (Å²) in [7, 11) is 3.31. The van der Waals surface area contributed by atoms with Crippen molar-refractivity contribution in [2.24, 2.45) is 4.99 Å². The van der Waals surface area contributed by atoms with Crippen LogP contribution in [0.25, 0.3) is 16.6 Å². The topological polar surface area (TPSA) is 96.4 Å². The Bertz CT molecular complexity index is 1620. The summed E-state index contributed by atoms with van der Waals surface area (Å²) in [6, 6.07) is 20.4. The number of aliphatic imine (C=N–C) groups is 1. The van der Waals surface area contributed by atoms with Crippen molar-refractivity contribution in [3.63, 3.8) is 0 Å². The van der Waals surface area contributed by atoms with Gasteiger partial charge in [-0.2, -0.15) is 0 Å². The maximum absolute atomic E-state index is 6.42. The molecule has 230 valence electrons. The number of unbranched alkanes of at least 4 members (excludes halogenated alkanes) is 1. The molecule has 1 atom stereocenters. The first-order valence-corrected chi connectivity index (χ1v) is 15.3. The molecule has 1 aromatic heterocycles. The Morgan fingerprint density at radius 2 is 1.73 bits per heavy atom. The highest BCUT2D eigenvalue weighted by Gasteiger charge is 2.16. The molecule has 9 heteroatoms. The number of benzene rings is 3. The molecule has 0 aliphatic carbocycles. The van der Waals surface area contributed by atoms with Crippen molar-refractivity contribution < 1.29 is 18.9 Å². The summed E-state index contributed by atoms with van der Waals surface area (Å²) >= 11 is 0. The van der Waals surface area contributed by atoms with Gasteiger partial charge in [0.2, 0.25) is 5.95 Å². The van der Waals surface area contributed by atoms with Crippen LogP contribution in [0, 0.1) is 0 Å². The molecule has 3 aromatic carbocycles. The lowest BCUT2D eigenvalue weighted by Crippen LogP contribution is -2.36. The lowest BCUT2D eigenvalue weighted by atomic mass is 10.0. The molecule has 0 amide bonds. The van der Waals surface area contributed by atoms with Gasteiger partial charge in [-0.1, -0.05) is 30.3 Å². The molecular formula is C35H41N5O4. The van der Waals surface area contributed by atoms with Crippen LogP contribution in [0.4, 0.5) is 5.95 Å². The smallest absolute Gasteiger partial charge is 0.201 e. The Kier molecular flexibility index (Phi) is 9.43. The van der Waals surface area contributed by atoms with Gasteiger partial charge in [0.05, 0.1) is 51.1 Å². The van der Waals surface area contributed by atoms with Crippen molar-refractivity contribution >= 4 is 28.8 Å². The Labute approximate surface area is 258 Å². The molecular weight excluding hydrogens is 554 g/mol. The second-order valence-electron chi connectivity index (χ2n) is 11.3. The third kappa shape index (κ3) is 7.06. The normalized spacial score (nSPS) is 16.8. The second kappa shape index (κ2) is 14.0. The molecule has 9 nitrogen and oxygen atoms in total. The first kappa shape index (κ1) is 29.7. The minimum atomic E-state index is 0.242. The highest BCUT2D eigenvalue weighted by Crippen LogP contribution is 2.31. The summed E-state index contributed by atoms with van der Waals surface area (Å²) < 4.78 is 24.4. The molecule has 2 aliphatic rings. The van der Waals surface area contributed by atoms with E-state index in [1.807, 2.05) is 53.2 Å². The molecule has 0 saturated carbocycles. The van der Waals surface area contributed by atoms with Gasteiger partial charge in [0, 0.05) is 19.3 Å². The Hall–Kier alpha value is -4.34. The number of anilines is 1. The third-order valence-electron chi connectivity index (χ3n) is 8.34. The van der Waals surface area contributed by atoms with Gasteiger partial charge < -0.3 is 29.2 Å². The molecule has 1 unspecified atom stereocenters. The van der Waals surface area contributed by atoms with E-state index in [9.17, 15) is 0 Å². The van der Waals surface area contributed by atoms with Crippen molar-refractivity contribution in [1.82, 2.24) is 14.5 Å². The zero-order chi connectivity index (χ0) is 30.3. The molecule has 6 rings (SSSR count). The van der Waals surface area contributed by atoms with E-state index in [-0.39, 0.29) is 6.04 Å². The SMILES string of the molecule is COc1ccc(COc2ccc(Cn3c(N)nc4cc(C5=CC(CCCCN6CCOCC6)N=C5)ccc43)cc2OC)cc1. The van der Waals surface area contributed by atoms with E-state index in [4.69, 9.17) is 34.7 Å². The fourth-order valence-electron chi connectivity index (χ4n) is 5.80. The maximum atomic E-state index is 6.42. The standard InChI is InChI=1S/C35H41N5O4/c1-41-30-10-6-25(7-11-30)24-44-33-13-8-26(19-34(33)42-2)23-40-32-12-9-27(21-31(32)38-35(40)36)28-20-29(37-22-28)5-3-4-14-39-15-17-43-18-16-39/h6-13,19-22,29H,3-5,14-18,23-24H2,1-2H3,(H2,36,38). The maximum Gasteiger partial charge on any atom is 0.201 e. The number of ether oxygens (including phenoxy) is 4. The van der Waals surface area contributed by atoms with Crippen LogP contribution in [0.15, 0.2) is 71.7 Å². The van der Waals surface area contributed by atoms with Crippen LogP contribution < -0.4 is 19.9 Å². The Balaban J connectivity index is 1.08. The zero-order valence-corrected chi connectivity index (χ0v) is 25.6. The summed E-state index contributed by atoms with van der Waals surface area (Å²) in [5.41, 5.74) is 12.6. The van der Waals surface area contributed by atoms with Gasteiger partial charge in [-0.3, -0.25) is 9.89 Å². The summed E-state index contributed by atoms with van der Waals surface area (Å²) in [6.07, 6.45) is 7.72. The second-order valence-corrected chi connectivity index (χ2v) is 11.3. The number of hydrogen-bond donors (Lipinski definition) is 1. The van der Waals surface area contributed by atoms with Gasteiger partial charge in [0.1, 0.15) is 12.4 Å². The first-order chi connectivity index (χ1) is 21.6. The molecule has 1 fully saturated rings. The number of allylic oxidation sites excluding steroid dienone is 1. The van der Waals surface area contributed by atoms with E-state index in [0.29, 0.717) is 30.6 Å². The van der Waals surface area contributed by atoms with Crippen molar-refractivity contribution in [1.29, 1.82) is 0 Å². The van der Waals surface area contributed by atoms with E-state index >= 15 is 0 Å². The van der Waals surface area contributed by atoms with Gasteiger partial charge in [-0.05, 0) is 84.5 Å². The molecule has 2 N–H and O–H groups in total. The molecule has 44 heavy (non-hydrogen) atoms. The van der Waals surface area contributed by atoms with Crippen molar-refractivity contribution in [3.8, 4) is 17.2 Å². The monoisotopic (exact) mass is 595 g/mol. The summed E-state index contributed by atoms with van der Waals surface area (Å²) in [5, 5.41) is 0. The van der Waals surface area contributed by atoms with E-state index in [0.717, 1.165) is 78.3 Å². The van der Waals surface area contributed by atoms with Crippen molar-refractivity contribution in [2.45, 2.75) is 38.5 Å². The minimum Gasteiger partial charge on any atom is -0.497 e. The third-order valence-corrected chi connectivity index (χ3v) is 8.34. The van der Waals surface area contributed by atoms with Gasteiger partial charge >= 0.3 is 0 Å². The number of morpholine rings is 1. The molecule has 1 saturated heterocycles. The lowest BCUT2D eigenvalue weighted by Gasteiger charge is -2.26. The molecule has 0 spiro atoms. The van der Waals surface area contributed by atoms with Crippen LogP contribution in [0.3, 0.4) is 0 Å². The van der Waals surface area contributed by atoms with E-state index < -0.39 is 0 Å². The van der Waals surface area contributed by atoms with Crippen molar-refractivity contribution in [2.75, 3.05) is 52.8 Å². The lowest BCUT2D eigenvalue weighted by molar-refractivity contribution is 0.0371. The minimum absolute atomic E-state index is 0.242. The number of imidazole rings is 1. The predicted molar refractivity (Wildman–Crippen MR) is 175 cm³/mol. The van der Waals surface area contributed by atoms with E-state index in [1.165, 1.54) is 12.8 Å². The number of methoxy groups -OCH3 is 2. The Morgan fingerprint density at radius 1 is 0.909 bits per heavy atom. The Morgan fingerprint density at radius 3 is 2.52 bits per heavy atom. The van der Waals surface area contributed by atoms with E-state index in [1.54, 1.807) is 14.2 Å². The summed E-state index contributed by atoms with van der Waals surface area (Å²) in [4.78, 5) is 12.0. The number of rotatable bonds is 13. The molecule has 0 bridgehead atoms. The fourth-order valence-corrected chi connectivity index (χ4v) is 5.80. The number of nitrogen functional groups attached to an aromatic ring is 1. The molecule has 2 aliphatic heterocycles. The summed E-state index contributed by atoms with van der Waals surface area (Å²) in [5.74, 6) is 2.65. The van der Waals surface area contributed by atoms with Gasteiger partial charge in [-0.15, -0.1) is 0 Å². The van der Waals surface area contributed by atoms with Crippen LogP contribution in [-0.2, 0) is 17.9 Å². The van der Waals surface area contributed by atoms with Crippen LogP contribution in [0.2, 0.25) is 0 Å². The van der Waals surface area contributed by atoms with E-state index in [2.05, 4.69) is 29.2 Å². The summed E-state index contributed by atoms with van der Waals surface area (Å²) in [6.45, 7) is 5.96. The van der Waals surface area contributed by atoms with Crippen LogP contribution >= 0.6 is 0 Å².